The lowest BCUT2D eigenvalue weighted by atomic mass is 9.74. The Bertz CT molecular complexity index is 774. The van der Waals surface area contributed by atoms with Crippen molar-refractivity contribution in [2.24, 2.45) is 5.41 Å². The minimum atomic E-state index is -0.131. The van der Waals surface area contributed by atoms with Crippen LogP contribution in [0.4, 0.5) is 0 Å². The summed E-state index contributed by atoms with van der Waals surface area (Å²) in [5.74, 6) is 0.102. The summed E-state index contributed by atoms with van der Waals surface area (Å²) in [6, 6.07) is 12.0. The van der Waals surface area contributed by atoms with Gasteiger partial charge in [-0.1, -0.05) is 36.8 Å². The number of aromatic amines is 1. The van der Waals surface area contributed by atoms with E-state index in [9.17, 15) is 9.59 Å². The molecule has 2 aliphatic rings. The van der Waals surface area contributed by atoms with Gasteiger partial charge in [-0.25, -0.2) is 0 Å². The van der Waals surface area contributed by atoms with E-state index in [1.54, 1.807) is 12.3 Å². The Balaban J connectivity index is 1.50. The topological polar surface area (TPSA) is 78.1 Å². The molecule has 4 rings (SSSR count). The molecule has 26 heavy (non-hydrogen) atoms. The van der Waals surface area contributed by atoms with Crippen LogP contribution in [0, 0.1) is 5.41 Å². The van der Waals surface area contributed by atoms with Gasteiger partial charge in [0.25, 0.3) is 5.91 Å². The summed E-state index contributed by atoms with van der Waals surface area (Å²) in [4.78, 5) is 27.0. The molecule has 2 atom stereocenters. The minimum absolute atomic E-state index is 0.0155. The van der Waals surface area contributed by atoms with Gasteiger partial charge < -0.3 is 10.2 Å². The highest BCUT2D eigenvalue weighted by molar-refractivity contribution is 5.92. The van der Waals surface area contributed by atoms with Gasteiger partial charge in [-0.2, -0.15) is 5.10 Å². The molecule has 2 N–H and O–H groups in total. The number of fused-ring (bicyclic) bond motifs is 1. The van der Waals surface area contributed by atoms with E-state index in [-0.39, 0.29) is 23.3 Å². The Hall–Kier alpha value is -2.63. The lowest BCUT2D eigenvalue weighted by Gasteiger charge is -2.46. The number of nitrogens with zero attached hydrogens (tertiary/aromatic N) is 2. The summed E-state index contributed by atoms with van der Waals surface area (Å²) in [6.07, 6.45) is 6.15. The van der Waals surface area contributed by atoms with E-state index in [1.807, 2.05) is 23.1 Å². The quantitative estimate of drug-likeness (QED) is 0.868. The Labute approximate surface area is 153 Å². The number of likely N-dealkylation sites (tertiary alicyclic amines) is 1. The molecule has 1 saturated carbocycles. The summed E-state index contributed by atoms with van der Waals surface area (Å²) < 4.78 is 0. The van der Waals surface area contributed by atoms with E-state index in [2.05, 4.69) is 27.6 Å². The zero-order chi connectivity index (χ0) is 18.0. The van der Waals surface area contributed by atoms with Crippen LogP contribution in [-0.4, -0.2) is 39.5 Å². The van der Waals surface area contributed by atoms with Crippen molar-refractivity contribution in [1.29, 1.82) is 0 Å². The van der Waals surface area contributed by atoms with Crippen LogP contribution >= 0.6 is 0 Å². The molecular weight excluding hydrogens is 328 g/mol. The first-order valence-corrected chi connectivity index (χ1v) is 9.29. The third-order valence-corrected chi connectivity index (χ3v) is 5.93. The van der Waals surface area contributed by atoms with Gasteiger partial charge in [0.1, 0.15) is 5.69 Å². The predicted octanol–water partition coefficient (Wildman–Crippen LogP) is 2.50. The summed E-state index contributed by atoms with van der Waals surface area (Å²) in [5, 5.41) is 9.60. The van der Waals surface area contributed by atoms with Crippen LogP contribution < -0.4 is 5.32 Å². The van der Waals surface area contributed by atoms with E-state index in [0.717, 1.165) is 31.2 Å². The fourth-order valence-electron chi connectivity index (χ4n) is 4.58. The average Bonchev–Trinajstić information content (AvgIpc) is 3.33. The number of piperidine rings is 1. The molecule has 2 fully saturated rings. The number of hydrogen-bond donors (Lipinski definition) is 2. The number of carbonyl (C=O) groups is 2. The molecule has 136 valence electrons. The number of aromatic nitrogens is 2. The van der Waals surface area contributed by atoms with Crippen LogP contribution in [-0.2, 0) is 11.3 Å². The van der Waals surface area contributed by atoms with Crippen LogP contribution in [0.5, 0.6) is 0 Å². The number of carbonyl (C=O) groups excluding carboxylic acids is 2. The minimum Gasteiger partial charge on any atom is -0.350 e. The lowest BCUT2D eigenvalue weighted by molar-refractivity contribution is -0.142. The van der Waals surface area contributed by atoms with Crippen LogP contribution in [0.25, 0.3) is 0 Å². The van der Waals surface area contributed by atoms with Crippen molar-refractivity contribution >= 4 is 11.8 Å². The molecule has 0 spiro atoms. The highest BCUT2D eigenvalue weighted by Gasteiger charge is 2.50. The number of amides is 2. The molecule has 1 aliphatic carbocycles. The Morgan fingerprint density at radius 2 is 2.12 bits per heavy atom. The first-order chi connectivity index (χ1) is 12.7. The van der Waals surface area contributed by atoms with Crippen molar-refractivity contribution in [2.45, 2.75) is 44.7 Å². The van der Waals surface area contributed by atoms with Crippen molar-refractivity contribution in [1.82, 2.24) is 20.4 Å². The third kappa shape index (κ3) is 3.11. The van der Waals surface area contributed by atoms with Gasteiger partial charge in [0, 0.05) is 37.2 Å². The summed E-state index contributed by atoms with van der Waals surface area (Å²) in [7, 11) is 0. The number of nitrogens with one attached hydrogen (secondary N) is 2. The first-order valence-electron chi connectivity index (χ1n) is 9.29. The van der Waals surface area contributed by atoms with E-state index in [1.165, 1.54) is 0 Å². The van der Waals surface area contributed by atoms with Crippen molar-refractivity contribution in [3.8, 4) is 0 Å². The molecule has 6 heteroatoms. The largest absolute Gasteiger partial charge is 0.350 e. The van der Waals surface area contributed by atoms with E-state index in [0.29, 0.717) is 25.2 Å². The normalized spacial score (nSPS) is 25.2. The second kappa shape index (κ2) is 6.94. The van der Waals surface area contributed by atoms with Crippen LogP contribution in [0.2, 0.25) is 0 Å². The van der Waals surface area contributed by atoms with Crippen molar-refractivity contribution < 1.29 is 9.59 Å². The van der Waals surface area contributed by atoms with Crippen molar-refractivity contribution in [3.05, 3.63) is 53.9 Å². The van der Waals surface area contributed by atoms with Crippen molar-refractivity contribution in [3.63, 3.8) is 0 Å². The van der Waals surface area contributed by atoms with Gasteiger partial charge in [-0.3, -0.25) is 14.7 Å². The predicted molar refractivity (Wildman–Crippen MR) is 97.2 cm³/mol. The molecule has 6 nitrogen and oxygen atoms in total. The first kappa shape index (κ1) is 16.8. The van der Waals surface area contributed by atoms with Gasteiger partial charge in [0.15, 0.2) is 0 Å². The SMILES string of the molecule is O=C(NCC12CCCC1N(Cc1ccccc1)C(=O)CC2)c1ccn[nH]1. The second-order valence-corrected chi connectivity index (χ2v) is 7.43. The summed E-state index contributed by atoms with van der Waals surface area (Å²) in [6.45, 7) is 1.26. The fourth-order valence-corrected chi connectivity index (χ4v) is 4.58. The number of rotatable bonds is 5. The molecule has 2 amide bonds. The van der Waals surface area contributed by atoms with E-state index < -0.39 is 0 Å². The molecule has 2 aromatic rings. The van der Waals surface area contributed by atoms with Gasteiger partial charge in [0.05, 0.1) is 0 Å². The molecule has 2 unspecified atom stereocenters. The van der Waals surface area contributed by atoms with E-state index in [4.69, 9.17) is 0 Å². The van der Waals surface area contributed by atoms with Crippen molar-refractivity contribution in [2.75, 3.05) is 6.54 Å². The molecule has 1 aromatic heterocycles. The van der Waals surface area contributed by atoms with Gasteiger partial charge in [-0.15, -0.1) is 0 Å². The average molecular weight is 352 g/mol. The summed E-state index contributed by atoms with van der Waals surface area (Å²) >= 11 is 0. The fraction of sp³-hybridized carbons (Fsp3) is 0.450. The van der Waals surface area contributed by atoms with E-state index >= 15 is 0 Å². The highest BCUT2D eigenvalue weighted by atomic mass is 16.2. The molecule has 1 aromatic carbocycles. The van der Waals surface area contributed by atoms with Crippen LogP contribution in [0.3, 0.4) is 0 Å². The maximum Gasteiger partial charge on any atom is 0.269 e. The lowest BCUT2D eigenvalue weighted by Crippen LogP contribution is -2.55. The monoisotopic (exact) mass is 352 g/mol. The number of H-pyrrole nitrogens is 1. The standard InChI is InChI=1S/C20H24N4O2/c25-18-8-11-20(14-21-19(26)16-9-12-22-23-16)10-4-7-17(20)24(18)13-15-5-2-1-3-6-15/h1-3,5-6,9,12,17H,4,7-8,10-11,13-14H2,(H,21,26)(H,22,23). The molecule has 0 bridgehead atoms. The number of benzene rings is 1. The maximum atomic E-state index is 12.6. The molecule has 1 saturated heterocycles. The molecule has 0 radical (unpaired) electrons. The molecule has 1 aliphatic heterocycles. The zero-order valence-electron chi connectivity index (χ0n) is 14.8. The van der Waals surface area contributed by atoms with Gasteiger partial charge in [0.2, 0.25) is 5.91 Å². The Morgan fingerprint density at radius 1 is 1.27 bits per heavy atom. The maximum absolute atomic E-state index is 12.6. The van der Waals surface area contributed by atoms with Gasteiger partial charge in [-0.05, 0) is 30.9 Å². The third-order valence-electron chi connectivity index (χ3n) is 5.93. The Kier molecular flexibility index (Phi) is 4.49. The number of hydrogen-bond acceptors (Lipinski definition) is 3. The van der Waals surface area contributed by atoms with Gasteiger partial charge >= 0.3 is 0 Å². The summed E-state index contributed by atoms with van der Waals surface area (Å²) in [5.41, 5.74) is 1.62. The molecule has 2 heterocycles. The van der Waals surface area contributed by atoms with Crippen LogP contribution in [0.15, 0.2) is 42.6 Å². The second-order valence-electron chi connectivity index (χ2n) is 7.43. The zero-order valence-corrected chi connectivity index (χ0v) is 14.8. The van der Waals surface area contributed by atoms with Crippen LogP contribution in [0.1, 0.15) is 48.2 Å². The highest BCUT2D eigenvalue weighted by Crippen LogP contribution is 2.48. The molecular formula is C20H24N4O2. The Morgan fingerprint density at radius 3 is 2.88 bits per heavy atom. The smallest absolute Gasteiger partial charge is 0.269 e.